The van der Waals surface area contributed by atoms with E-state index in [4.69, 9.17) is 14.2 Å². The van der Waals surface area contributed by atoms with Crippen LogP contribution >= 0.6 is 0 Å². The van der Waals surface area contributed by atoms with Crippen LogP contribution in [-0.2, 0) is 4.74 Å². The van der Waals surface area contributed by atoms with E-state index in [1.807, 2.05) is 25.1 Å². The molecule has 1 heterocycles. The summed E-state index contributed by atoms with van der Waals surface area (Å²) < 4.78 is 15.6. The fraction of sp³-hybridized carbons (Fsp3) is 0.538. The van der Waals surface area contributed by atoms with Crippen molar-refractivity contribution in [2.75, 3.05) is 38.5 Å². The number of rotatable bonds is 6. The zero-order valence-electron chi connectivity index (χ0n) is 10.8. The van der Waals surface area contributed by atoms with Crippen molar-refractivity contribution in [1.29, 1.82) is 0 Å². The smallest absolute Gasteiger partial charge is 0.231 e. The van der Waals surface area contributed by atoms with Crippen molar-refractivity contribution >= 4 is 5.69 Å². The second-order valence-corrected chi connectivity index (χ2v) is 4.19. The topological polar surface area (TPSA) is 51.2 Å². The number of methoxy groups -OCH3 is 1. The van der Waals surface area contributed by atoms with Crippen LogP contribution in [0.4, 0.5) is 5.69 Å². The predicted molar refractivity (Wildman–Crippen MR) is 68.3 cm³/mol. The maximum atomic E-state index is 9.78. The van der Waals surface area contributed by atoms with Gasteiger partial charge in [0.15, 0.2) is 11.5 Å². The van der Waals surface area contributed by atoms with Gasteiger partial charge < -0.3 is 24.2 Å². The molecule has 0 saturated heterocycles. The number of fused-ring (bicyclic) bond motifs is 1. The van der Waals surface area contributed by atoms with Gasteiger partial charge in [-0.3, -0.25) is 0 Å². The van der Waals surface area contributed by atoms with Gasteiger partial charge >= 0.3 is 0 Å². The molecule has 1 aromatic carbocycles. The molecular weight excluding hydrogens is 234 g/mol. The van der Waals surface area contributed by atoms with Crippen LogP contribution in [0, 0.1) is 0 Å². The lowest BCUT2D eigenvalue weighted by atomic mass is 10.2. The number of nitrogens with zero attached hydrogens (tertiary/aromatic N) is 1. The first-order valence-corrected chi connectivity index (χ1v) is 6.06. The Hall–Kier alpha value is -1.46. The normalized spacial score (nSPS) is 14.6. The number of ether oxygens (including phenoxy) is 3. The first-order chi connectivity index (χ1) is 8.74. The number of hydrogen-bond donors (Lipinski definition) is 1. The van der Waals surface area contributed by atoms with Gasteiger partial charge in [-0.2, -0.15) is 0 Å². The SMILES string of the molecule is CCN(CC(O)COC)c1ccc2c(c1)OCO2. The molecule has 1 atom stereocenters. The van der Waals surface area contributed by atoms with Crippen LogP contribution in [0.5, 0.6) is 11.5 Å². The minimum absolute atomic E-state index is 0.275. The van der Waals surface area contributed by atoms with Crippen molar-refractivity contribution in [2.24, 2.45) is 0 Å². The maximum absolute atomic E-state index is 9.78. The molecule has 0 bridgehead atoms. The molecule has 0 amide bonds. The molecule has 1 unspecified atom stereocenters. The molecule has 18 heavy (non-hydrogen) atoms. The number of benzene rings is 1. The lowest BCUT2D eigenvalue weighted by Gasteiger charge is -2.25. The van der Waals surface area contributed by atoms with E-state index in [0.717, 1.165) is 23.7 Å². The first-order valence-electron chi connectivity index (χ1n) is 6.06. The average molecular weight is 253 g/mol. The van der Waals surface area contributed by atoms with E-state index in [1.54, 1.807) is 7.11 Å². The van der Waals surface area contributed by atoms with Crippen molar-refractivity contribution in [3.63, 3.8) is 0 Å². The Labute approximate surface area is 107 Å². The van der Waals surface area contributed by atoms with Crippen molar-refractivity contribution < 1.29 is 19.3 Å². The summed E-state index contributed by atoms with van der Waals surface area (Å²) in [6, 6.07) is 5.80. The molecule has 0 saturated carbocycles. The van der Waals surface area contributed by atoms with E-state index in [2.05, 4.69) is 4.90 Å². The van der Waals surface area contributed by atoms with Gasteiger partial charge in [0.1, 0.15) is 0 Å². The lowest BCUT2D eigenvalue weighted by Crippen LogP contribution is -2.34. The van der Waals surface area contributed by atoms with Crippen molar-refractivity contribution in [3.8, 4) is 11.5 Å². The molecule has 1 aliphatic heterocycles. The monoisotopic (exact) mass is 253 g/mol. The number of likely N-dealkylation sites (N-methyl/N-ethyl adjacent to an activating group) is 1. The third-order valence-corrected chi connectivity index (χ3v) is 2.89. The molecule has 0 radical (unpaired) electrons. The van der Waals surface area contributed by atoms with Crippen molar-refractivity contribution in [1.82, 2.24) is 0 Å². The van der Waals surface area contributed by atoms with Crippen LogP contribution in [0.15, 0.2) is 18.2 Å². The molecule has 0 spiro atoms. The van der Waals surface area contributed by atoms with Crippen molar-refractivity contribution in [3.05, 3.63) is 18.2 Å². The Morgan fingerprint density at radius 3 is 2.89 bits per heavy atom. The first kappa shape index (κ1) is 13.0. The fourth-order valence-electron chi connectivity index (χ4n) is 2.00. The second-order valence-electron chi connectivity index (χ2n) is 4.19. The summed E-state index contributed by atoms with van der Waals surface area (Å²) in [6.07, 6.45) is -0.500. The number of aliphatic hydroxyl groups excluding tert-OH is 1. The zero-order valence-corrected chi connectivity index (χ0v) is 10.8. The van der Waals surface area contributed by atoms with Gasteiger partial charge in [-0.1, -0.05) is 0 Å². The van der Waals surface area contributed by atoms with Gasteiger partial charge in [-0.15, -0.1) is 0 Å². The quantitative estimate of drug-likeness (QED) is 0.827. The van der Waals surface area contributed by atoms with E-state index in [-0.39, 0.29) is 6.79 Å². The second kappa shape index (κ2) is 5.93. The van der Waals surface area contributed by atoms with Gasteiger partial charge in [-0.05, 0) is 19.1 Å². The molecule has 5 nitrogen and oxygen atoms in total. The highest BCUT2D eigenvalue weighted by Gasteiger charge is 2.17. The average Bonchev–Trinajstić information content (AvgIpc) is 2.83. The molecule has 0 aromatic heterocycles. The summed E-state index contributed by atoms with van der Waals surface area (Å²) in [7, 11) is 1.58. The molecule has 5 heteroatoms. The van der Waals surface area contributed by atoms with E-state index < -0.39 is 6.10 Å². The summed E-state index contributed by atoms with van der Waals surface area (Å²) in [5.74, 6) is 1.53. The van der Waals surface area contributed by atoms with Crippen LogP contribution in [0.3, 0.4) is 0 Å². The summed E-state index contributed by atoms with van der Waals surface area (Å²) in [4.78, 5) is 2.08. The molecule has 1 aliphatic rings. The van der Waals surface area contributed by atoms with E-state index in [0.29, 0.717) is 13.2 Å². The number of hydrogen-bond acceptors (Lipinski definition) is 5. The highest BCUT2D eigenvalue weighted by Crippen LogP contribution is 2.35. The standard InChI is InChI=1S/C13H19NO4/c1-3-14(7-11(15)8-16-2)10-4-5-12-13(6-10)18-9-17-12/h4-6,11,15H,3,7-9H2,1-2H3. The Morgan fingerprint density at radius 2 is 2.17 bits per heavy atom. The van der Waals surface area contributed by atoms with Crippen LogP contribution in [0.1, 0.15) is 6.92 Å². The molecule has 100 valence electrons. The minimum atomic E-state index is -0.500. The van der Waals surface area contributed by atoms with E-state index in [1.165, 1.54) is 0 Å². The van der Waals surface area contributed by atoms with Gasteiger partial charge in [0.2, 0.25) is 6.79 Å². The highest BCUT2D eigenvalue weighted by atomic mass is 16.7. The highest BCUT2D eigenvalue weighted by molar-refractivity contribution is 5.57. The summed E-state index contributed by atoms with van der Waals surface area (Å²) in [6.45, 7) is 3.99. The van der Waals surface area contributed by atoms with Crippen LogP contribution in [0.2, 0.25) is 0 Å². The molecule has 0 fully saturated rings. The molecular formula is C13H19NO4. The third kappa shape index (κ3) is 2.86. The summed E-state index contributed by atoms with van der Waals surface area (Å²) in [5, 5.41) is 9.78. The maximum Gasteiger partial charge on any atom is 0.231 e. The largest absolute Gasteiger partial charge is 0.454 e. The Balaban J connectivity index is 2.07. The molecule has 0 aliphatic carbocycles. The Kier molecular flexibility index (Phi) is 4.28. The fourth-order valence-corrected chi connectivity index (χ4v) is 2.00. The third-order valence-electron chi connectivity index (χ3n) is 2.89. The van der Waals surface area contributed by atoms with E-state index in [9.17, 15) is 5.11 Å². The number of anilines is 1. The van der Waals surface area contributed by atoms with Gasteiger partial charge in [0, 0.05) is 32.0 Å². The summed E-state index contributed by atoms with van der Waals surface area (Å²) in [5.41, 5.74) is 1.01. The summed E-state index contributed by atoms with van der Waals surface area (Å²) >= 11 is 0. The Morgan fingerprint density at radius 1 is 1.39 bits per heavy atom. The zero-order chi connectivity index (χ0) is 13.0. The van der Waals surface area contributed by atoms with Gasteiger partial charge in [0.05, 0.1) is 12.7 Å². The van der Waals surface area contributed by atoms with E-state index >= 15 is 0 Å². The number of aliphatic hydroxyl groups is 1. The van der Waals surface area contributed by atoms with Crippen LogP contribution in [0.25, 0.3) is 0 Å². The van der Waals surface area contributed by atoms with Gasteiger partial charge in [-0.25, -0.2) is 0 Å². The predicted octanol–water partition coefficient (Wildman–Crippen LogP) is 1.25. The molecule has 1 aromatic rings. The molecule has 2 rings (SSSR count). The van der Waals surface area contributed by atoms with Crippen molar-refractivity contribution in [2.45, 2.75) is 13.0 Å². The van der Waals surface area contributed by atoms with Crippen LogP contribution in [-0.4, -0.2) is 44.8 Å². The minimum Gasteiger partial charge on any atom is -0.454 e. The van der Waals surface area contributed by atoms with Gasteiger partial charge in [0.25, 0.3) is 0 Å². The Bertz CT molecular complexity index is 397. The van der Waals surface area contributed by atoms with Crippen LogP contribution < -0.4 is 14.4 Å². The molecule has 1 N–H and O–H groups in total. The lowest BCUT2D eigenvalue weighted by molar-refractivity contribution is 0.0689.